The number of aromatic nitrogens is 2. The van der Waals surface area contributed by atoms with Gasteiger partial charge in [0.05, 0.1) is 21.5 Å². The van der Waals surface area contributed by atoms with Crippen LogP contribution in [0.15, 0.2) is 29.3 Å². The van der Waals surface area contributed by atoms with Gasteiger partial charge >= 0.3 is 0 Å². The molecule has 0 spiro atoms. The summed E-state index contributed by atoms with van der Waals surface area (Å²) < 4.78 is 1.36. The van der Waals surface area contributed by atoms with Crippen molar-refractivity contribution in [2.75, 3.05) is 7.05 Å². The molecule has 27 heavy (non-hydrogen) atoms. The van der Waals surface area contributed by atoms with Crippen molar-refractivity contribution >= 4 is 44.7 Å². The summed E-state index contributed by atoms with van der Waals surface area (Å²) in [5.74, 6) is -0.305. The minimum atomic E-state index is -0.515. The number of thiophene rings is 1. The molecular weight excluding hydrogens is 392 g/mol. The third-order valence-corrected chi connectivity index (χ3v) is 5.76. The van der Waals surface area contributed by atoms with E-state index in [1.807, 2.05) is 0 Å². The van der Waals surface area contributed by atoms with Gasteiger partial charge in [-0.2, -0.15) is 0 Å². The maximum Gasteiger partial charge on any atom is 0.269 e. The highest BCUT2D eigenvalue weighted by atomic mass is 35.5. The van der Waals surface area contributed by atoms with Gasteiger partial charge in [0, 0.05) is 37.8 Å². The molecule has 0 saturated carbocycles. The number of non-ortho nitro benzene ring substituents is 1. The number of carbonyl (C=O) groups excluding carboxylic acids is 1. The van der Waals surface area contributed by atoms with E-state index in [4.69, 9.17) is 11.6 Å². The molecule has 0 aliphatic heterocycles. The quantitative estimate of drug-likeness (QED) is 0.489. The molecule has 0 aliphatic rings. The first kappa shape index (κ1) is 19.0. The first-order valence-electron chi connectivity index (χ1n) is 7.83. The van der Waals surface area contributed by atoms with Crippen LogP contribution in [0.4, 0.5) is 5.69 Å². The normalized spacial score (nSPS) is 11.0. The lowest BCUT2D eigenvalue weighted by Gasteiger charge is -2.17. The molecule has 0 bridgehead atoms. The summed E-state index contributed by atoms with van der Waals surface area (Å²) in [4.78, 5) is 42.2. The Labute approximate surface area is 162 Å². The standard InChI is InChI=1S/C17H15ClN4O4S/c1-9-13-15(19-8-21(3)16(13)23)27-14(9)17(24)20(2)7-10-6-11(22(25)26)4-5-12(10)18/h4-6,8H,7H2,1-3H3. The Morgan fingerprint density at radius 2 is 2.15 bits per heavy atom. The lowest BCUT2D eigenvalue weighted by Crippen LogP contribution is -2.26. The van der Waals surface area contributed by atoms with Gasteiger partial charge in [0.1, 0.15) is 4.83 Å². The number of carbonyl (C=O) groups is 1. The number of hydrogen-bond donors (Lipinski definition) is 0. The summed E-state index contributed by atoms with van der Waals surface area (Å²) in [5, 5.41) is 11.7. The number of aryl methyl sites for hydroxylation is 2. The van der Waals surface area contributed by atoms with Gasteiger partial charge in [0.25, 0.3) is 17.2 Å². The second kappa shape index (κ2) is 7.09. The maximum absolute atomic E-state index is 12.9. The Balaban J connectivity index is 1.95. The number of amides is 1. The topological polar surface area (TPSA) is 98.3 Å². The van der Waals surface area contributed by atoms with E-state index in [1.165, 1.54) is 34.0 Å². The molecular formula is C17H15ClN4O4S. The molecule has 2 heterocycles. The molecule has 0 unspecified atom stereocenters. The average Bonchev–Trinajstić information content (AvgIpc) is 2.96. The number of fused-ring (bicyclic) bond motifs is 1. The highest BCUT2D eigenvalue weighted by Crippen LogP contribution is 2.29. The molecule has 3 rings (SSSR count). The van der Waals surface area contributed by atoms with Crippen molar-refractivity contribution in [1.29, 1.82) is 0 Å². The summed E-state index contributed by atoms with van der Waals surface area (Å²) in [7, 11) is 3.18. The van der Waals surface area contributed by atoms with Crippen molar-refractivity contribution in [1.82, 2.24) is 14.5 Å². The number of nitro groups is 1. The Hall–Kier alpha value is -2.78. The lowest BCUT2D eigenvalue weighted by molar-refractivity contribution is -0.384. The highest BCUT2D eigenvalue weighted by Gasteiger charge is 2.22. The molecule has 8 nitrogen and oxygen atoms in total. The van der Waals surface area contributed by atoms with Gasteiger partial charge in [-0.15, -0.1) is 11.3 Å². The summed E-state index contributed by atoms with van der Waals surface area (Å²) in [5.41, 5.74) is 0.735. The summed E-state index contributed by atoms with van der Waals surface area (Å²) in [6, 6.07) is 4.10. The van der Waals surface area contributed by atoms with Gasteiger partial charge in [-0.3, -0.25) is 19.7 Å². The molecule has 3 aromatic rings. The molecule has 0 saturated heterocycles. The van der Waals surface area contributed by atoms with Gasteiger partial charge in [-0.05, 0) is 24.1 Å². The number of nitro benzene ring substituents is 1. The van der Waals surface area contributed by atoms with Gasteiger partial charge in [0.15, 0.2) is 0 Å². The molecule has 10 heteroatoms. The Kier molecular flexibility index (Phi) is 4.99. The minimum absolute atomic E-state index is 0.0957. The van der Waals surface area contributed by atoms with Crippen LogP contribution in [0.5, 0.6) is 0 Å². The highest BCUT2D eigenvalue weighted by molar-refractivity contribution is 7.20. The molecule has 0 radical (unpaired) electrons. The van der Waals surface area contributed by atoms with Crippen LogP contribution in [0.1, 0.15) is 20.8 Å². The van der Waals surface area contributed by atoms with Gasteiger partial charge < -0.3 is 9.47 Å². The van der Waals surface area contributed by atoms with E-state index in [0.29, 0.717) is 31.2 Å². The summed E-state index contributed by atoms with van der Waals surface area (Å²) >= 11 is 7.27. The van der Waals surface area contributed by atoms with Crippen LogP contribution < -0.4 is 5.56 Å². The smallest absolute Gasteiger partial charge is 0.269 e. The van der Waals surface area contributed by atoms with E-state index >= 15 is 0 Å². The van der Waals surface area contributed by atoms with E-state index in [0.717, 1.165) is 11.3 Å². The fourth-order valence-electron chi connectivity index (χ4n) is 2.71. The Morgan fingerprint density at radius 3 is 2.81 bits per heavy atom. The zero-order valence-electron chi connectivity index (χ0n) is 14.7. The lowest BCUT2D eigenvalue weighted by atomic mass is 10.1. The molecule has 2 aromatic heterocycles. The average molecular weight is 407 g/mol. The molecule has 1 amide bonds. The number of nitrogens with zero attached hydrogens (tertiary/aromatic N) is 4. The summed E-state index contributed by atoms with van der Waals surface area (Å²) in [6.45, 7) is 1.81. The minimum Gasteiger partial charge on any atom is -0.337 e. The van der Waals surface area contributed by atoms with Crippen LogP contribution in [0.2, 0.25) is 5.02 Å². The number of halogens is 1. The zero-order valence-corrected chi connectivity index (χ0v) is 16.3. The fraction of sp³-hybridized carbons (Fsp3) is 0.235. The number of benzene rings is 1. The third kappa shape index (κ3) is 3.43. The van der Waals surface area contributed by atoms with Gasteiger partial charge in [-0.1, -0.05) is 11.6 Å². The molecule has 0 N–H and O–H groups in total. The van der Waals surface area contributed by atoms with Crippen molar-refractivity contribution < 1.29 is 9.72 Å². The largest absolute Gasteiger partial charge is 0.337 e. The van der Waals surface area contributed by atoms with E-state index < -0.39 is 4.92 Å². The van der Waals surface area contributed by atoms with Crippen molar-refractivity contribution in [2.24, 2.45) is 7.05 Å². The van der Waals surface area contributed by atoms with Crippen molar-refractivity contribution in [3.63, 3.8) is 0 Å². The Morgan fingerprint density at radius 1 is 1.44 bits per heavy atom. The first-order chi connectivity index (χ1) is 12.7. The van der Waals surface area contributed by atoms with Crippen LogP contribution in [0, 0.1) is 17.0 Å². The van der Waals surface area contributed by atoms with Crippen LogP contribution in [-0.4, -0.2) is 32.3 Å². The predicted molar refractivity (Wildman–Crippen MR) is 104 cm³/mol. The van der Waals surface area contributed by atoms with Gasteiger partial charge in [0.2, 0.25) is 0 Å². The third-order valence-electron chi connectivity index (χ3n) is 4.20. The SMILES string of the molecule is Cc1c(C(=O)N(C)Cc2cc([N+](=O)[O-])ccc2Cl)sc2ncn(C)c(=O)c12. The number of rotatable bonds is 4. The monoisotopic (exact) mass is 406 g/mol. The van der Waals surface area contributed by atoms with Crippen molar-refractivity contribution in [3.05, 3.63) is 66.0 Å². The van der Waals surface area contributed by atoms with E-state index in [9.17, 15) is 19.7 Å². The zero-order chi connectivity index (χ0) is 19.9. The van der Waals surface area contributed by atoms with Crippen molar-refractivity contribution in [2.45, 2.75) is 13.5 Å². The fourth-order valence-corrected chi connectivity index (χ4v) is 4.02. The van der Waals surface area contributed by atoms with E-state index in [1.54, 1.807) is 21.0 Å². The summed E-state index contributed by atoms with van der Waals surface area (Å²) in [6.07, 6.45) is 1.42. The first-order valence-corrected chi connectivity index (χ1v) is 9.03. The van der Waals surface area contributed by atoms with Crippen molar-refractivity contribution in [3.8, 4) is 0 Å². The van der Waals surface area contributed by atoms with Crippen LogP contribution in [0.3, 0.4) is 0 Å². The van der Waals surface area contributed by atoms with Gasteiger partial charge in [-0.25, -0.2) is 4.98 Å². The molecule has 1 aromatic carbocycles. The number of hydrogen-bond acceptors (Lipinski definition) is 6. The second-order valence-electron chi connectivity index (χ2n) is 6.09. The van der Waals surface area contributed by atoms with Crippen LogP contribution in [-0.2, 0) is 13.6 Å². The maximum atomic E-state index is 12.9. The van der Waals surface area contributed by atoms with Crippen LogP contribution >= 0.6 is 22.9 Å². The molecule has 0 atom stereocenters. The molecule has 0 fully saturated rings. The van der Waals surface area contributed by atoms with E-state index in [2.05, 4.69) is 4.98 Å². The van der Waals surface area contributed by atoms with Crippen LogP contribution in [0.25, 0.3) is 10.2 Å². The van der Waals surface area contributed by atoms with E-state index in [-0.39, 0.29) is 23.7 Å². The molecule has 140 valence electrons. The molecule has 0 aliphatic carbocycles. The Bertz CT molecular complexity index is 1140. The second-order valence-corrected chi connectivity index (χ2v) is 7.50. The predicted octanol–water partition coefficient (Wildman–Crippen LogP) is 3.14.